The van der Waals surface area contributed by atoms with Crippen molar-refractivity contribution >= 4 is 15.9 Å². The number of hydrogen-bond acceptors (Lipinski definition) is 1. The van der Waals surface area contributed by atoms with Gasteiger partial charge in [-0.05, 0) is 53.4 Å². The van der Waals surface area contributed by atoms with Crippen LogP contribution in [-0.2, 0) is 6.42 Å². The number of halogens is 3. The van der Waals surface area contributed by atoms with Crippen LogP contribution in [0.4, 0.5) is 8.78 Å². The first kappa shape index (κ1) is 16.9. The fraction of sp³-hybridized carbons (Fsp3) is 0.647. The van der Waals surface area contributed by atoms with Crippen LogP contribution < -0.4 is 5.32 Å². The van der Waals surface area contributed by atoms with E-state index in [2.05, 4.69) is 21.2 Å². The number of nitrogens with one attached hydrogen (secondary N) is 1. The zero-order valence-corrected chi connectivity index (χ0v) is 14.2. The molecule has 21 heavy (non-hydrogen) atoms. The minimum absolute atomic E-state index is 0.149. The molecule has 0 aromatic heterocycles. The second kappa shape index (κ2) is 8.23. The lowest BCUT2D eigenvalue weighted by molar-refractivity contribution is 0.296. The van der Waals surface area contributed by atoms with Crippen LogP contribution in [0.1, 0.15) is 51.0 Å². The van der Waals surface area contributed by atoms with E-state index in [0.717, 1.165) is 13.0 Å². The highest BCUT2D eigenvalue weighted by Crippen LogP contribution is 2.29. The van der Waals surface area contributed by atoms with Crippen LogP contribution in [0.25, 0.3) is 0 Å². The largest absolute Gasteiger partial charge is 0.314 e. The molecule has 0 bridgehead atoms. The number of benzene rings is 1. The summed E-state index contributed by atoms with van der Waals surface area (Å²) in [5.41, 5.74) is 0.200. The van der Waals surface area contributed by atoms with E-state index in [4.69, 9.17) is 0 Å². The number of rotatable bonds is 6. The summed E-state index contributed by atoms with van der Waals surface area (Å²) in [5.74, 6) is -0.204. The predicted molar refractivity (Wildman–Crippen MR) is 86.4 cm³/mol. The van der Waals surface area contributed by atoms with E-state index >= 15 is 0 Å². The molecule has 1 N–H and O–H groups in total. The second-order valence-corrected chi connectivity index (χ2v) is 6.87. The third-order valence-electron chi connectivity index (χ3n) is 4.42. The van der Waals surface area contributed by atoms with Gasteiger partial charge in [-0.15, -0.1) is 0 Å². The molecule has 0 aliphatic heterocycles. The van der Waals surface area contributed by atoms with Crippen molar-refractivity contribution in [1.29, 1.82) is 0 Å². The molecule has 0 amide bonds. The van der Waals surface area contributed by atoms with Crippen molar-refractivity contribution in [2.75, 3.05) is 6.54 Å². The third-order valence-corrected chi connectivity index (χ3v) is 5.04. The normalized spacial score (nSPS) is 17.9. The fourth-order valence-electron chi connectivity index (χ4n) is 3.36. The molecule has 1 saturated carbocycles. The first-order valence-corrected chi connectivity index (χ1v) is 8.76. The van der Waals surface area contributed by atoms with Crippen LogP contribution in [0.5, 0.6) is 0 Å². The first-order chi connectivity index (χ1) is 10.1. The summed E-state index contributed by atoms with van der Waals surface area (Å²) < 4.78 is 28.4. The van der Waals surface area contributed by atoms with Crippen LogP contribution in [-0.4, -0.2) is 12.6 Å². The highest BCUT2D eigenvalue weighted by Gasteiger charge is 2.22. The molecular weight excluding hydrogens is 336 g/mol. The lowest BCUT2D eigenvalue weighted by Gasteiger charge is -2.27. The molecule has 1 unspecified atom stereocenters. The van der Waals surface area contributed by atoms with E-state index in [9.17, 15) is 8.78 Å². The van der Waals surface area contributed by atoms with Gasteiger partial charge in [0.05, 0.1) is 4.47 Å². The Balaban J connectivity index is 2.06. The molecule has 1 fully saturated rings. The van der Waals surface area contributed by atoms with Gasteiger partial charge in [0.15, 0.2) is 0 Å². The van der Waals surface area contributed by atoms with E-state index in [1.807, 2.05) is 6.92 Å². The van der Waals surface area contributed by atoms with Crippen molar-refractivity contribution in [3.63, 3.8) is 0 Å². The Morgan fingerprint density at radius 2 is 1.95 bits per heavy atom. The van der Waals surface area contributed by atoms with E-state index in [-0.39, 0.29) is 11.6 Å². The van der Waals surface area contributed by atoms with Gasteiger partial charge >= 0.3 is 0 Å². The zero-order valence-electron chi connectivity index (χ0n) is 12.6. The summed E-state index contributed by atoms with van der Waals surface area (Å²) in [7, 11) is 0. The molecule has 118 valence electrons. The first-order valence-electron chi connectivity index (χ1n) is 7.97. The highest BCUT2D eigenvalue weighted by molar-refractivity contribution is 9.10. The fourth-order valence-corrected chi connectivity index (χ4v) is 3.73. The molecule has 1 nitrogen and oxygen atoms in total. The quantitative estimate of drug-likeness (QED) is 0.686. The molecule has 1 atom stereocenters. The Bertz CT molecular complexity index is 458. The van der Waals surface area contributed by atoms with Gasteiger partial charge < -0.3 is 5.32 Å². The van der Waals surface area contributed by atoms with Gasteiger partial charge in [-0.2, -0.15) is 0 Å². The SMILES string of the molecule is CCNC(Cc1c(F)ccc(Br)c1F)CC1CCCCC1. The van der Waals surface area contributed by atoms with Crippen molar-refractivity contribution < 1.29 is 8.78 Å². The maximum Gasteiger partial charge on any atom is 0.143 e. The van der Waals surface area contributed by atoms with Crippen molar-refractivity contribution in [2.24, 2.45) is 5.92 Å². The summed E-state index contributed by atoms with van der Waals surface area (Å²) in [6.45, 7) is 2.87. The van der Waals surface area contributed by atoms with Crippen molar-refractivity contribution in [1.82, 2.24) is 5.32 Å². The lowest BCUT2D eigenvalue weighted by Crippen LogP contribution is -2.34. The Kier molecular flexibility index (Phi) is 6.62. The summed E-state index contributed by atoms with van der Waals surface area (Å²) in [6, 6.07) is 2.92. The minimum Gasteiger partial charge on any atom is -0.314 e. The molecule has 0 heterocycles. The van der Waals surface area contributed by atoms with Crippen molar-refractivity contribution in [3.05, 3.63) is 33.8 Å². The molecular formula is C17H24BrF2N. The van der Waals surface area contributed by atoms with Gasteiger partial charge in [0.2, 0.25) is 0 Å². The monoisotopic (exact) mass is 359 g/mol. The summed E-state index contributed by atoms with van der Waals surface area (Å²) >= 11 is 3.15. The summed E-state index contributed by atoms with van der Waals surface area (Å²) in [6.07, 6.45) is 7.86. The van der Waals surface area contributed by atoms with Gasteiger partial charge in [0, 0.05) is 11.6 Å². The molecule has 0 radical (unpaired) electrons. The molecule has 1 aromatic carbocycles. The molecule has 4 heteroatoms. The van der Waals surface area contributed by atoms with Crippen LogP contribution in [0, 0.1) is 17.6 Å². The van der Waals surface area contributed by atoms with Gasteiger partial charge in [-0.3, -0.25) is 0 Å². The standard InChI is InChI=1S/C17H24BrF2N/c1-2-21-13(10-12-6-4-3-5-7-12)11-14-16(19)9-8-15(18)17(14)20/h8-9,12-13,21H,2-7,10-11H2,1H3. The third kappa shape index (κ3) is 4.75. The average molecular weight is 360 g/mol. The Morgan fingerprint density at radius 3 is 2.62 bits per heavy atom. The van der Waals surface area contributed by atoms with E-state index in [1.165, 1.54) is 44.2 Å². The van der Waals surface area contributed by atoms with Crippen LogP contribution in [0.15, 0.2) is 16.6 Å². The van der Waals surface area contributed by atoms with Crippen LogP contribution in [0.2, 0.25) is 0 Å². The van der Waals surface area contributed by atoms with Crippen LogP contribution >= 0.6 is 15.9 Å². The molecule has 1 aromatic rings. The van der Waals surface area contributed by atoms with Crippen molar-refractivity contribution in [2.45, 2.75) is 57.9 Å². The van der Waals surface area contributed by atoms with Gasteiger partial charge in [0.25, 0.3) is 0 Å². The van der Waals surface area contributed by atoms with Gasteiger partial charge in [-0.1, -0.05) is 39.0 Å². The topological polar surface area (TPSA) is 12.0 Å². The van der Waals surface area contributed by atoms with Gasteiger partial charge in [0.1, 0.15) is 11.6 Å². The second-order valence-electron chi connectivity index (χ2n) is 6.02. The lowest BCUT2D eigenvalue weighted by atomic mass is 9.83. The van der Waals surface area contributed by atoms with Gasteiger partial charge in [-0.25, -0.2) is 8.78 Å². The Labute approximate surface area is 134 Å². The van der Waals surface area contributed by atoms with E-state index in [0.29, 0.717) is 16.8 Å². The smallest absolute Gasteiger partial charge is 0.143 e. The predicted octanol–water partition coefficient (Wildman–Crippen LogP) is 5.22. The Hall–Kier alpha value is -0.480. The maximum absolute atomic E-state index is 14.1. The summed E-state index contributed by atoms with van der Waals surface area (Å²) in [4.78, 5) is 0. The molecule has 1 aliphatic carbocycles. The number of likely N-dealkylation sites (N-methyl/N-ethyl adjacent to an activating group) is 1. The summed E-state index contributed by atoms with van der Waals surface area (Å²) in [5, 5.41) is 3.40. The van der Waals surface area contributed by atoms with E-state index < -0.39 is 11.6 Å². The Morgan fingerprint density at radius 1 is 1.24 bits per heavy atom. The average Bonchev–Trinajstić information content (AvgIpc) is 2.49. The maximum atomic E-state index is 14.1. The van der Waals surface area contributed by atoms with Crippen LogP contribution in [0.3, 0.4) is 0 Å². The molecule has 1 aliphatic rings. The molecule has 0 spiro atoms. The number of hydrogen-bond donors (Lipinski definition) is 1. The molecule has 2 rings (SSSR count). The highest BCUT2D eigenvalue weighted by atomic mass is 79.9. The van der Waals surface area contributed by atoms with E-state index in [1.54, 1.807) is 0 Å². The zero-order chi connectivity index (χ0) is 15.2. The minimum atomic E-state index is -0.457. The molecule has 0 saturated heterocycles. The van der Waals surface area contributed by atoms with Crippen molar-refractivity contribution in [3.8, 4) is 0 Å².